The quantitative estimate of drug-likeness (QED) is 0.0243. The number of ether oxygens (including phenoxy) is 12. The fourth-order valence-electron chi connectivity index (χ4n) is 12.4. The number of hydrogen-bond donors (Lipinski definition) is 19. The molecule has 0 saturated carbocycles. The molecule has 6 aliphatic rings. The van der Waals surface area contributed by atoms with Gasteiger partial charge in [0.2, 0.25) is 23.6 Å². The Kier molecular flexibility index (Phi) is 31.1. The lowest BCUT2D eigenvalue weighted by Gasteiger charge is -2.51. The molecule has 14 unspecified atom stereocenters. The standard InChI is InChI=1S/C62H99N5O31/c1-7-8-9-10-11-12-13-14-15-19-87-32-18-16-17-31(20-32)56(85)67-39-45(78)44(77)33(21-68)91-58(39)95-52-34(22-69)92-59(40(47(52)80)64-28(4)73)96-53-35(23-70)93-60(41(48(53)81)65-29(5)74)97-54-36(24-71)94-61(42(49(54)82)66-30(6)75)98-55-37(90-57(86)38(46(55)79)63-27(3)72)25-88-62-51(84)50(83)43(76)26(2)89-62/h12-13,16-18,20,26,33-55,57-62,68-71,76-84,86H,7-11,14-15,19,21-25H2,1-6H3,(H,63,72)(H,64,73)(H,65,74)(H,66,75)(H,67,85)/b13-12-/t26?,33?,34-,35?,36-,37?,38-,39-,40?,41-,42?,43?,44+,45?,46-,47?,48+,49?,50-,51+,52+,53?,54+,55?,57+,58-,59?,60-,61?,62+/m0/s1. The maximum absolute atomic E-state index is 13.9. The van der Waals surface area contributed by atoms with E-state index < -0.39 is 246 Å². The predicted octanol–water partition coefficient (Wildman–Crippen LogP) is -7.37. The Hall–Kier alpha value is -4.89. The number of benzene rings is 1. The summed E-state index contributed by atoms with van der Waals surface area (Å²) in [5.41, 5.74) is 0.0454. The molecule has 558 valence electrons. The fourth-order valence-corrected chi connectivity index (χ4v) is 12.4. The molecule has 0 aliphatic carbocycles. The minimum absolute atomic E-state index is 0.0454. The SMILES string of the molecule is CCCCCC/C=C\CCCOc1cccc(C(=O)N[C@H]2C(O)[C@H](O)C(CO)O[C@H]2O[C@H]2C(O)C(NC(C)=O)C(OC3C(CO)O[C@@H](O[C@H]4C(O)C(NC(C)=O)C(OC5C(CO[C@@H]6OC(C)C(O)[C@H](O)[C@H]6O)O[C@@H](O)[C@@H](NC(C)=O)[C@@H]5O)O[C@H]4CO)[C@@H](NC(C)=O)[C@H]3O)O[C@H]2CO)c1. The first-order valence-electron chi connectivity index (χ1n) is 32.8. The van der Waals surface area contributed by atoms with Crippen molar-refractivity contribution in [2.45, 2.75) is 270 Å². The molecule has 6 aliphatic heterocycles. The second kappa shape index (κ2) is 37.9. The van der Waals surface area contributed by atoms with Crippen molar-refractivity contribution in [2.75, 3.05) is 39.6 Å². The molecule has 0 spiro atoms. The molecule has 5 amide bonds. The van der Waals surface area contributed by atoms with Crippen LogP contribution in [-0.4, -0.2) is 325 Å². The summed E-state index contributed by atoms with van der Waals surface area (Å²) in [6.45, 7) is 3.29. The van der Waals surface area contributed by atoms with Crippen LogP contribution in [0.5, 0.6) is 5.75 Å². The van der Waals surface area contributed by atoms with Crippen molar-refractivity contribution in [3.8, 4) is 5.75 Å². The van der Waals surface area contributed by atoms with Crippen LogP contribution in [0.3, 0.4) is 0 Å². The first-order chi connectivity index (χ1) is 46.7. The smallest absolute Gasteiger partial charge is 0.251 e. The van der Waals surface area contributed by atoms with Crippen LogP contribution in [0.4, 0.5) is 0 Å². The second-order valence-corrected chi connectivity index (χ2v) is 25.1. The van der Waals surface area contributed by atoms with Crippen molar-refractivity contribution < 1.29 is 152 Å². The minimum Gasteiger partial charge on any atom is -0.494 e. The van der Waals surface area contributed by atoms with Crippen molar-refractivity contribution >= 4 is 29.5 Å². The molecule has 36 heteroatoms. The van der Waals surface area contributed by atoms with Gasteiger partial charge in [0.15, 0.2) is 37.7 Å². The molecule has 0 radical (unpaired) electrons. The highest BCUT2D eigenvalue weighted by Crippen LogP contribution is 2.37. The third-order valence-electron chi connectivity index (χ3n) is 17.6. The molecule has 6 fully saturated rings. The summed E-state index contributed by atoms with van der Waals surface area (Å²) in [6.07, 6.45) is -33.6. The van der Waals surface area contributed by atoms with Crippen LogP contribution in [0.2, 0.25) is 0 Å². The number of allylic oxidation sites excluding steroid dienone is 2. The molecule has 30 atom stereocenters. The number of carbonyl (C=O) groups excluding carboxylic acids is 5. The average Bonchev–Trinajstić information content (AvgIpc) is 0.771. The lowest BCUT2D eigenvalue weighted by Crippen LogP contribution is -2.72. The second-order valence-electron chi connectivity index (χ2n) is 25.1. The lowest BCUT2D eigenvalue weighted by molar-refractivity contribution is -0.368. The Labute approximate surface area is 564 Å². The van der Waals surface area contributed by atoms with Crippen LogP contribution in [-0.2, 0) is 71.3 Å². The summed E-state index contributed by atoms with van der Waals surface area (Å²) >= 11 is 0. The molecule has 0 aromatic heterocycles. The van der Waals surface area contributed by atoms with Gasteiger partial charge in [-0.15, -0.1) is 0 Å². The van der Waals surface area contributed by atoms with Gasteiger partial charge in [-0.2, -0.15) is 0 Å². The van der Waals surface area contributed by atoms with E-state index in [-0.39, 0.29) is 5.56 Å². The third-order valence-corrected chi connectivity index (χ3v) is 17.6. The Morgan fingerprint density at radius 1 is 0.449 bits per heavy atom. The Bertz CT molecular complexity index is 2710. The molecule has 36 nitrogen and oxygen atoms in total. The largest absolute Gasteiger partial charge is 0.494 e. The van der Waals surface area contributed by atoms with Gasteiger partial charge in [0.05, 0.1) is 45.7 Å². The van der Waals surface area contributed by atoms with Gasteiger partial charge in [-0.05, 0) is 50.8 Å². The van der Waals surface area contributed by atoms with Crippen molar-refractivity contribution in [2.24, 2.45) is 0 Å². The summed E-state index contributed by atoms with van der Waals surface area (Å²) in [6, 6.07) is -2.52. The highest BCUT2D eigenvalue weighted by molar-refractivity contribution is 5.94. The summed E-state index contributed by atoms with van der Waals surface area (Å²) in [7, 11) is 0. The van der Waals surface area contributed by atoms with E-state index in [0.717, 1.165) is 53.4 Å². The summed E-state index contributed by atoms with van der Waals surface area (Å²) in [4.78, 5) is 65.0. The van der Waals surface area contributed by atoms with Crippen LogP contribution < -0.4 is 31.3 Å². The van der Waals surface area contributed by atoms with Gasteiger partial charge in [-0.1, -0.05) is 44.4 Å². The van der Waals surface area contributed by atoms with Crippen LogP contribution in [0.15, 0.2) is 36.4 Å². The highest BCUT2D eigenvalue weighted by Gasteiger charge is 2.58. The first kappa shape index (κ1) is 80.4. The topological polar surface area (TPSA) is 539 Å². The fraction of sp³-hybridized carbons (Fsp3) is 0.790. The van der Waals surface area contributed by atoms with Crippen LogP contribution in [0.25, 0.3) is 0 Å². The van der Waals surface area contributed by atoms with Gasteiger partial charge in [0.25, 0.3) is 5.91 Å². The summed E-state index contributed by atoms with van der Waals surface area (Å²) in [5, 5.41) is 168. The molecule has 0 bridgehead atoms. The maximum Gasteiger partial charge on any atom is 0.251 e. The molecular formula is C62H99N5O31. The zero-order chi connectivity index (χ0) is 71.8. The normalized spacial score (nSPS) is 39.9. The lowest BCUT2D eigenvalue weighted by atomic mass is 9.93. The van der Waals surface area contributed by atoms with E-state index in [1.165, 1.54) is 31.9 Å². The van der Waals surface area contributed by atoms with E-state index in [1.807, 2.05) is 0 Å². The molecule has 98 heavy (non-hydrogen) atoms. The van der Waals surface area contributed by atoms with Gasteiger partial charge >= 0.3 is 0 Å². The van der Waals surface area contributed by atoms with Crippen molar-refractivity contribution in [3.63, 3.8) is 0 Å². The van der Waals surface area contributed by atoms with Crippen molar-refractivity contribution in [1.29, 1.82) is 0 Å². The molecular weight excluding hydrogens is 1310 g/mol. The predicted molar refractivity (Wildman–Crippen MR) is 328 cm³/mol. The van der Waals surface area contributed by atoms with Gasteiger partial charge in [-0.3, -0.25) is 24.0 Å². The molecule has 1 aromatic carbocycles. The highest BCUT2D eigenvalue weighted by atomic mass is 16.8. The zero-order valence-corrected chi connectivity index (χ0v) is 55.2. The van der Waals surface area contributed by atoms with Gasteiger partial charge < -0.3 is 155 Å². The Morgan fingerprint density at radius 3 is 1.34 bits per heavy atom. The zero-order valence-electron chi connectivity index (χ0n) is 55.2. The minimum atomic E-state index is -2.07. The number of carbonyl (C=O) groups is 5. The number of nitrogens with one attached hydrogen (secondary N) is 5. The Balaban J connectivity index is 1.07. The number of unbranched alkanes of at least 4 members (excludes halogenated alkanes) is 5. The molecule has 1 aromatic rings. The van der Waals surface area contributed by atoms with Crippen LogP contribution >= 0.6 is 0 Å². The molecule has 6 saturated heterocycles. The van der Waals surface area contributed by atoms with E-state index >= 15 is 0 Å². The number of aliphatic hydroxyl groups is 14. The summed E-state index contributed by atoms with van der Waals surface area (Å²) in [5.74, 6) is -3.72. The Morgan fingerprint density at radius 2 is 0.878 bits per heavy atom. The molecule has 19 N–H and O–H groups in total. The van der Waals surface area contributed by atoms with Crippen molar-refractivity contribution in [3.05, 3.63) is 42.0 Å². The van der Waals surface area contributed by atoms with E-state index in [9.17, 15) is 95.5 Å². The van der Waals surface area contributed by atoms with E-state index in [2.05, 4.69) is 45.7 Å². The monoisotopic (exact) mass is 1410 g/mol. The van der Waals surface area contributed by atoms with Gasteiger partial charge in [0, 0.05) is 33.3 Å². The number of amides is 5. The van der Waals surface area contributed by atoms with E-state index in [0.29, 0.717) is 18.8 Å². The maximum atomic E-state index is 13.9. The average molecular weight is 1410 g/mol. The molecule has 6 heterocycles. The third kappa shape index (κ3) is 20.5. The van der Waals surface area contributed by atoms with Crippen LogP contribution in [0, 0.1) is 0 Å². The van der Waals surface area contributed by atoms with E-state index in [4.69, 9.17) is 56.8 Å². The number of aliphatic hydroxyl groups excluding tert-OH is 14. The first-order valence-corrected chi connectivity index (χ1v) is 32.8. The van der Waals surface area contributed by atoms with Gasteiger partial charge in [-0.25, -0.2) is 0 Å². The molecule has 7 rings (SSSR count). The number of hydrogen-bond acceptors (Lipinski definition) is 31. The van der Waals surface area contributed by atoms with E-state index in [1.54, 1.807) is 12.1 Å². The summed E-state index contributed by atoms with van der Waals surface area (Å²) < 4.78 is 71.9. The van der Waals surface area contributed by atoms with Gasteiger partial charge in [0.1, 0.15) is 146 Å². The van der Waals surface area contributed by atoms with Crippen molar-refractivity contribution in [1.82, 2.24) is 26.6 Å². The number of rotatable bonds is 31. The van der Waals surface area contributed by atoms with Crippen LogP contribution in [0.1, 0.15) is 96.8 Å².